The van der Waals surface area contributed by atoms with Gasteiger partial charge < -0.3 is 10.1 Å². The highest BCUT2D eigenvalue weighted by Gasteiger charge is 2.15. The van der Waals surface area contributed by atoms with E-state index in [0.717, 1.165) is 17.0 Å². The maximum Gasteiger partial charge on any atom is 0.276 e. The Morgan fingerprint density at radius 1 is 1.20 bits per heavy atom. The topological polar surface area (TPSA) is 79.9 Å². The molecule has 1 heterocycles. The van der Waals surface area contributed by atoms with Crippen molar-refractivity contribution in [3.63, 3.8) is 0 Å². The molecule has 6 heteroatoms. The molecule has 0 unspecified atom stereocenters. The highest BCUT2D eigenvalue weighted by Crippen LogP contribution is 2.24. The fourth-order valence-electron chi connectivity index (χ4n) is 2.51. The molecule has 1 amide bonds. The highest BCUT2D eigenvalue weighted by molar-refractivity contribution is 6.04. The molecule has 0 saturated heterocycles. The third kappa shape index (κ3) is 3.35. The summed E-state index contributed by atoms with van der Waals surface area (Å²) in [6.45, 7) is 0. The SMILES string of the molecule is COc1cccc(-c2cc(C(=O)Nc3ccccc3C#N)nn2C)c1. The molecule has 25 heavy (non-hydrogen) atoms. The Morgan fingerprint density at radius 2 is 2.00 bits per heavy atom. The van der Waals surface area contributed by atoms with Gasteiger partial charge in [0, 0.05) is 12.6 Å². The summed E-state index contributed by atoms with van der Waals surface area (Å²) in [5.74, 6) is 0.361. The number of benzene rings is 2. The van der Waals surface area contributed by atoms with Crippen LogP contribution in [-0.4, -0.2) is 22.8 Å². The second-order valence-corrected chi connectivity index (χ2v) is 5.38. The van der Waals surface area contributed by atoms with E-state index in [0.29, 0.717) is 11.3 Å². The van der Waals surface area contributed by atoms with Crippen molar-refractivity contribution in [3.8, 4) is 23.1 Å². The van der Waals surface area contributed by atoms with Crippen LogP contribution in [0.5, 0.6) is 5.75 Å². The molecular weight excluding hydrogens is 316 g/mol. The molecule has 2 aromatic carbocycles. The Morgan fingerprint density at radius 3 is 2.76 bits per heavy atom. The van der Waals surface area contributed by atoms with Gasteiger partial charge in [0.15, 0.2) is 5.69 Å². The van der Waals surface area contributed by atoms with E-state index < -0.39 is 0 Å². The number of methoxy groups -OCH3 is 1. The lowest BCUT2D eigenvalue weighted by Gasteiger charge is -2.04. The smallest absolute Gasteiger partial charge is 0.276 e. The summed E-state index contributed by atoms with van der Waals surface area (Å²) in [6.07, 6.45) is 0. The molecular formula is C19H16N4O2. The van der Waals surface area contributed by atoms with Gasteiger partial charge in [0.2, 0.25) is 0 Å². The molecule has 0 spiro atoms. The van der Waals surface area contributed by atoms with Crippen LogP contribution >= 0.6 is 0 Å². The quantitative estimate of drug-likeness (QED) is 0.795. The lowest BCUT2D eigenvalue weighted by atomic mass is 10.1. The van der Waals surface area contributed by atoms with E-state index in [2.05, 4.69) is 16.5 Å². The van der Waals surface area contributed by atoms with Crippen LogP contribution in [0, 0.1) is 11.3 Å². The monoisotopic (exact) mass is 332 g/mol. The van der Waals surface area contributed by atoms with E-state index in [1.807, 2.05) is 24.3 Å². The lowest BCUT2D eigenvalue weighted by Crippen LogP contribution is -2.13. The number of nitrogens with zero attached hydrogens (tertiary/aromatic N) is 3. The predicted octanol–water partition coefficient (Wildman–Crippen LogP) is 3.22. The Hall–Kier alpha value is -3.59. The van der Waals surface area contributed by atoms with Crippen molar-refractivity contribution in [1.29, 1.82) is 5.26 Å². The number of nitrogens with one attached hydrogen (secondary N) is 1. The van der Waals surface area contributed by atoms with Crippen LogP contribution in [0.2, 0.25) is 0 Å². The van der Waals surface area contributed by atoms with Gasteiger partial charge in [-0.05, 0) is 30.3 Å². The number of carbonyl (C=O) groups is 1. The number of anilines is 1. The van der Waals surface area contributed by atoms with Crippen molar-refractivity contribution in [2.75, 3.05) is 12.4 Å². The number of hydrogen-bond donors (Lipinski definition) is 1. The van der Waals surface area contributed by atoms with Crippen LogP contribution in [0.3, 0.4) is 0 Å². The van der Waals surface area contributed by atoms with E-state index in [9.17, 15) is 4.79 Å². The number of ether oxygens (including phenoxy) is 1. The normalized spacial score (nSPS) is 10.1. The third-order valence-corrected chi connectivity index (χ3v) is 3.77. The van der Waals surface area contributed by atoms with E-state index in [1.165, 1.54) is 0 Å². The number of amides is 1. The van der Waals surface area contributed by atoms with Crippen molar-refractivity contribution in [2.45, 2.75) is 0 Å². The van der Waals surface area contributed by atoms with Crippen LogP contribution in [0.25, 0.3) is 11.3 Å². The molecule has 3 aromatic rings. The van der Waals surface area contributed by atoms with Crippen LogP contribution in [0.4, 0.5) is 5.69 Å². The minimum absolute atomic E-state index is 0.271. The predicted molar refractivity (Wildman–Crippen MR) is 94.3 cm³/mol. The number of aromatic nitrogens is 2. The number of rotatable bonds is 4. The van der Waals surface area contributed by atoms with Crippen LogP contribution in [-0.2, 0) is 7.05 Å². The first-order valence-corrected chi connectivity index (χ1v) is 7.61. The highest BCUT2D eigenvalue weighted by atomic mass is 16.5. The van der Waals surface area contributed by atoms with Gasteiger partial charge in [-0.2, -0.15) is 10.4 Å². The summed E-state index contributed by atoms with van der Waals surface area (Å²) in [4.78, 5) is 12.5. The van der Waals surface area contributed by atoms with Gasteiger partial charge in [0.05, 0.1) is 24.1 Å². The van der Waals surface area contributed by atoms with Crippen molar-refractivity contribution >= 4 is 11.6 Å². The first kappa shape index (κ1) is 16.3. The summed E-state index contributed by atoms with van der Waals surface area (Å²) in [5.41, 5.74) is 2.82. The zero-order chi connectivity index (χ0) is 17.8. The minimum atomic E-state index is -0.368. The van der Waals surface area contributed by atoms with E-state index in [4.69, 9.17) is 10.00 Å². The van der Waals surface area contributed by atoms with Gasteiger partial charge in [-0.1, -0.05) is 24.3 Å². The van der Waals surface area contributed by atoms with Gasteiger partial charge in [-0.15, -0.1) is 0 Å². The standard InChI is InChI=1S/C19H16N4O2/c1-23-18(13-7-5-8-15(10-13)25-2)11-17(22-23)19(24)21-16-9-4-3-6-14(16)12-20/h3-11H,1-2H3,(H,21,24). The van der Waals surface area contributed by atoms with Crippen LogP contribution in [0.15, 0.2) is 54.6 Å². The molecule has 6 nitrogen and oxygen atoms in total. The molecule has 0 fully saturated rings. The fraction of sp³-hybridized carbons (Fsp3) is 0.105. The van der Waals surface area contributed by atoms with Crippen molar-refractivity contribution in [1.82, 2.24) is 9.78 Å². The Kier molecular flexibility index (Phi) is 4.48. The molecule has 0 aliphatic rings. The van der Waals surface area contributed by atoms with Crippen LogP contribution < -0.4 is 10.1 Å². The van der Waals surface area contributed by atoms with E-state index in [1.54, 1.807) is 49.2 Å². The average Bonchev–Trinajstić information content (AvgIpc) is 3.04. The molecule has 0 bridgehead atoms. The molecule has 0 atom stereocenters. The first-order chi connectivity index (χ1) is 12.1. The summed E-state index contributed by atoms with van der Waals surface area (Å²) in [5, 5.41) is 16.1. The van der Waals surface area contributed by atoms with Gasteiger partial charge >= 0.3 is 0 Å². The zero-order valence-electron chi connectivity index (χ0n) is 13.9. The number of hydrogen-bond acceptors (Lipinski definition) is 4. The number of aryl methyl sites for hydroxylation is 1. The van der Waals surface area contributed by atoms with Gasteiger partial charge in [-0.25, -0.2) is 0 Å². The largest absolute Gasteiger partial charge is 0.497 e. The number of carbonyl (C=O) groups excluding carboxylic acids is 1. The molecule has 0 aliphatic heterocycles. The zero-order valence-corrected chi connectivity index (χ0v) is 13.9. The van der Waals surface area contributed by atoms with Crippen molar-refractivity contribution in [3.05, 3.63) is 65.9 Å². The number of para-hydroxylation sites is 1. The molecule has 0 radical (unpaired) electrons. The maximum absolute atomic E-state index is 12.5. The Labute approximate surface area is 145 Å². The summed E-state index contributed by atoms with van der Waals surface area (Å²) < 4.78 is 6.87. The maximum atomic E-state index is 12.5. The van der Waals surface area contributed by atoms with Crippen LogP contribution in [0.1, 0.15) is 16.1 Å². The molecule has 0 saturated carbocycles. The molecule has 1 N–H and O–H groups in total. The van der Waals surface area contributed by atoms with Crippen molar-refractivity contribution in [2.24, 2.45) is 7.05 Å². The minimum Gasteiger partial charge on any atom is -0.497 e. The van der Waals surface area contributed by atoms with E-state index >= 15 is 0 Å². The van der Waals surface area contributed by atoms with E-state index in [-0.39, 0.29) is 11.6 Å². The van der Waals surface area contributed by atoms with Gasteiger partial charge in [0.25, 0.3) is 5.91 Å². The molecule has 3 rings (SSSR count). The second kappa shape index (κ2) is 6.89. The van der Waals surface area contributed by atoms with Gasteiger partial charge in [-0.3, -0.25) is 9.48 Å². The van der Waals surface area contributed by atoms with Crippen molar-refractivity contribution < 1.29 is 9.53 Å². The Bertz CT molecular complexity index is 970. The lowest BCUT2D eigenvalue weighted by molar-refractivity contribution is 0.102. The molecule has 124 valence electrons. The number of nitriles is 1. The first-order valence-electron chi connectivity index (χ1n) is 7.61. The fourth-order valence-corrected chi connectivity index (χ4v) is 2.51. The summed E-state index contributed by atoms with van der Waals surface area (Å²) in [7, 11) is 3.38. The summed E-state index contributed by atoms with van der Waals surface area (Å²) >= 11 is 0. The summed E-state index contributed by atoms with van der Waals surface area (Å²) in [6, 6.07) is 18.1. The second-order valence-electron chi connectivity index (χ2n) is 5.38. The molecule has 1 aromatic heterocycles. The third-order valence-electron chi connectivity index (χ3n) is 3.77. The molecule has 0 aliphatic carbocycles. The Balaban J connectivity index is 1.89. The van der Waals surface area contributed by atoms with Gasteiger partial charge in [0.1, 0.15) is 11.8 Å². The average molecular weight is 332 g/mol.